The number of anilines is 2. The molecule has 0 heterocycles. The number of hydrogen-bond donors (Lipinski definition) is 2. The van der Waals surface area contributed by atoms with Gasteiger partial charge >= 0.3 is 0 Å². The van der Waals surface area contributed by atoms with Crippen LogP contribution in [0.25, 0.3) is 0 Å². The average Bonchev–Trinajstić information content (AvgIpc) is 2.57. The molecule has 2 N–H and O–H groups in total. The van der Waals surface area contributed by atoms with Crippen LogP contribution in [0.4, 0.5) is 17.1 Å². The van der Waals surface area contributed by atoms with E-state index in [4.69, 9.17) is 27.9 Å². The predicted molar refractivity (Wildman–Crippen MR) is 98.4 cm³/mol. The van der Waals surface area contributed by atoms with Gasteiger partial charge in [-0.2, -0.15) is 0 Å². The number of nitro groups is 1. The van der Waals surface area contributed by atoms with E-state index in [0.29, 0.717) is 0 Å². The Morgan fingerprint density at radius 2 is 1.81 bits per heavy atom. The molecule has 0 radical (unpaired) electrons. The summed E-state index contributed by atoms with van der Waals surface area (Å²) in [5.74, 6) is -0.770. The first-order valence-corrected chi connectivity index (χ1v) is 7.89. The lowest BCUT2D eigenvalue weighted by Gasteiger charge is -2.13. The van der Waals surface area contributed by atoms with Gasteiger partial charge in [-0.3, -0.25) is 19.7 Å². The van der Waals surface area contributed by atoms with Crippen LogP contribution < -0.4 is 15.4 Å². The van der Waals surface area contributed by atoms with E-state index < -0.39 is 10.8 Å². The number of nitrogens with one attached hydrogen (secondary N) is 2. The molecule has 0 aliphatic carbocycles. The van der Waals surface area contributed by atoms with Crippen molar-refractivity contribution in [2.45, 2.75) is 6.92 Å². The number of amides is 2. The quantitative estimate of drug-likeness (QED) is 0.582. The first-order valence-electron chi connectivity index (χ1n) is 7.13. The molecule has 0 unspecified atom stereocenters. The van der Waals surface area contributed by atoms with Gasteiger partial charge < -0.3 is 15.4 Å². The van der Waals surface area contributed by atoms with Crippen molar-refractivity contribution in [3.8, 4) is 5.75 Å². The largest absolute Gasteiger partial charge is 0.496 e. The third kappa shape index (κ3) is 4.41. The van der Waals surface area contributed by atoms with Gasteiger partial charge in [0, 0.05) is 24.7 Å². The molecule has 136 valence electrons. The smallest absolute Gasteiger partial charge is 0.289 e. The summed E-state index contributed by atoms with van der Waals surface area (Å²) < 4.78 is 5.16. The van der Waals surface area contributed by atoms with Gasteiger partial charge in [0.2, 0.25) is 5.91 Å². The number of carbonyl (C=O) groups is 2. The average molecular weight is 398 g/mol. The molecule has 0 aliphatic heterocycles. The maximum atomic E-state index is 12.5. The highest BCUT2D eigenvalue weighted by Gasteiger charge is 2.19. The summed E-state index contributed by atoms with van der Waals surface area (Å²) in [6, 6.07) is 6.60. The van der Waals surface area contributed by atoms with Crippen molar-refractivity contribution in [2.75, 3.05) is 17.7 Å². The van der Waals surface area contributed by atoms with Gasteiger partial charge in [0.15, 0.2) is 0 Å². The number of nitrogens with zero attached hydrogens (tertiary/aromatic N) is 1. The van der Waals surface area contributed by atoms with Crippen LogP contribution in [0.2, 0.25) is 10.0 Å². The molecule has 8 nitrogen and oxygen atoms in total. The molecule has 2 aromatic carbocycles. The van der Waals surface area contributed by atoms with Gasteiger partial charge in [0.1, 0.15) is 10.8 Å². The summed E-state index contributed by atoms with van der Waals surface area (Å²) >= 11 is 11.8. The second kappa shape index (κ2) is 8.03. The Hall–Kier alpha value is -2.84. The van der Waals surface area contributed by atoms with E-state index in [-0.39, 0.29) is 44.3 Å². The van der Waals surface area contributed by atoms with Crippen LogP contribution in [0.1, 0.15) is 17.3 Å². The highest BCUT2D eigenvalue weighted by molar-refractivity contribution is 6.34. The fraction of sp³-hybridized carbons (Fsp3) is 0.125. The predicted octanol–water partition coefficient (Wildman–Crippen LogP) is 4.12. The Morgan fingerprint density at radius 3 is 2.38 bits per heavy atom. The summed E-state index contributed by atoms with van der Waals surface area (Å²) in [5.41, 5.74) is 0.213. The Labute approximate surface area is 158 Å². The summed E-state index contributed by atoms with van der Waals surface area (Å²) in [5, 5.41) is 16.1. The number of rotatable bonds is 5. The number of halogens is 2. The van der Waals surface area contributed by atoms with E-state index in [9.17, 15) is 19.7 Å². The Balaban J connectivity index is 2.35. The third-order valence-electron chi connectivity index (χ3n) is 3.25. The Morgan fingerprint density at radius 1 is 1.12 bits per heavy atom. The summed E-state index contributed by atoms with van der Waals surface area (Å²) in [6.07, 6.45) is 0. The van der Waals surface area contributed by atoms with E-state index >= 15 is 0 Å². The van der Waals surface area contributed by atoms with Gasteiger partial charge in [-0.25, -0.2) is 0 Å². The van der Waals surface area contributed by atoms with Crippen LogP contribution in [0.5, 0.6) is 5.75 Å². The minimum Gasteiger partial charge on any atom is -0.496 e. The third-order valence-corrected chi connectivity index (χ3v) is 3.88. The van der Waals surface area contributed by atoms with Crippen LogP contribution >= 0.6 is 23.2 Å². The lowest BCUT2D eigenvalue weighted by molar-refractivity contribution is -0.384. The fourth-order valence-electron chi connectivity index (χ4n) is 2.11. The van der Waals surface area contributed by atoms with E-state index in [1.165, 1.54) is 38.3 Å². The molecule has 10 heteroatoms. The first kappa shape index (κ1) is 19.5. The van der Waals surface area contributed by atoms with Crippen molar-refractivity contribution in [2.24, 2.45) is 0 Å². The number of nitro benzene ring substituents is 1. The van der Waals surface area contributed by atoms with Crippen LogP contribution in [0, 0.1) is 10.1 Å². The van der Waals surface area contributed by atoms with E-state index in [0.717, 1.165) is 6.07 Å². The van der Waals surface area contributed by atoms with Gasteiger partial charge in [-0.15, -0.1) is 0 Å². The van der Waals surface area contributed by atoms with E-state index in [1.807, 2.05) is 0 Å². The van der Waals surface area contributed by atoms with Crippen molar-refractivity contribution in [3.63, 3.8) is 0 Å². The maximum Gasteiger partial charge on any atom is 0.289 e. The minimum absolute atomic E-state index is 0.0479. The SMILES string of the molecule is COc1cc(NC(C)=O)c(Cl)cc1C(=O)Nc1ccc(Cl)c([N+](=O)[O-])c1. The van der Waals surface area contributed by atoms with Crippen LogP contribution in [0.15, 0.2) is 30.3 Å². The molecule has 0 spiro atoms. The maximum absolute atomic E-state index is 12.5. The first-order chi connectivity index (χ1) is 12.2. The highest BCUT2D eigenvalue weighted by Crippen LogP contribution is 2.32. The second-order valence-electron chi connectivity index (χ2n) is 5.09. The lowest BCUT2D eigenvalue weighted by Crippen LogP contribution is -2.14. The second-order valence-corrected chi connectivity index (χ2v) is 5.91. The molecule has 0 fully saturated rings. The lowest BCUT2D eigenvalue weighted by atomic mass is 10.1. The highest BCUT2D eigenvalue weighted by atomic mass is 35.5. The Kier molecular flexibility index (Phi) is 6.01. The number of benzene rings is 2. The molecule has 26 heavy (non-hydrogen) atoms. The van der Waals surface area contributed by atoms with Crippen molar-refractivity contribution >= 4 is 52.1 Å². The van der Waals surface area contributed by atoms with Crippen molar-refractivity contribution in [1.29, 1.82) is 0 Å². The zero-order chi connectivity index (χ0) is 19.4. The topological polar surface area (TPSA) is 111 Å². The monoisotopic (exact) mass is 397 g/mol. The number of carbonyl (C=O) groups excluding carboxylic acids is 2. The molecule has 0 aromatic heterocycles. The molecule has 2 aromatic rings. The number of methoxy groups -OCH3 is 1. The molecule has 0 aliphatic rings. The van der Waals surface area contributed by atoms with Gasteiger partial charge in [-0.05, 0) is 18.2 Å². The molecule has 2 rings (SSSR count). The normalized spacial score (nSPS) is 10.2. The standard InChI is InChI=1S/C16H13Cl2N3O5/c1-8(22)19-13-7-15(26-2)10(6-12(13)18)16(23)20-9-3-4-11(17)14(5-9)21(24)25/h3-7H,1-2H3,(H,19,22)(H,20,23). The summed E-state index contributed by atoms with van der Waals surface area (Å²) in [7, 11) is 1.35. The van der Waals surface area contributed by atoms with Gasteiger partial charge in [0.05, 0.1) is 28.3 Å². The van der Waals surface area contributed by atoms with Crippen LogP contribution in [-0.2, 0) is 4.79 Å². The molecular weight excluding hydrogens is 385 g/mol. The van der Waals surface area contributed by atoms with E-state index in [2.05, 4.69) is 10.6 Å². The molecule has 0 atom stereocenters. The zero-order valence-electron chi connectivity index (χ0n) is 13.6. The van der Waals surface area contributed by atoms with Crippen molar-refractivity contribution in [3.05, 3.63) is 56.1 Å². The molecule has 0 saturated heterocycles. The van der Waals surface area contributed by atoms with Crippen molar-refractivity contribution < 1.29 is 19.2 Å². The van der Waals surface area contributed by atoms with Gasteiger partial charge in [0.25, 0.3) is 11.6 Å². The Bertz CT molecular complexity index is 902. The van der Waals surface area contributed by atoms with Crippen molar-refractivity contribution in [1.82, 2.24) is 0 Å². The van der Waals surface area contributed by atoms with E-state index in [1.54, 1.807) is 0 Å². The zero-order valence-corrected chi connectivity index (χ0v) is 15.1. The number of hydrogen-bond acceptors (Lipinski definition) is 5. The molecule has 2 amide bonds. The van der Waals surface area contributed by atoms with Crippen LogP contribution in [0.3, 0.4) is 0 Å². The fourth-order valence-corrected chi connectivity index (χ4v) is 2.51. The number of ether oxygens (including phenoxy) is 1. The summed E-state index contributed by atoms with van der Waals surface area (Å²) in [4.78, 5) is 34.0. The van der Waals surface area contributed by atoms with Crippen LogP contribution in [-0.4, -0.2) is 23.8 Å². The summed E-state index contributed by atoms with van der Waals surface area (Å²) in [6.45, 7) is 1.32. The molecule has 0 saturated carbocycles. The minimum atomic E-state index is -0.655. The molecular formula is C16H13Cl2N3O5. The molecule has 0 bridgehead atoms. The van der Waals surface area contributed by atoms with Gasteiger partial charge in [-0.1, -0.05) is 23.2 Å².